The van der Waals surface area contributed by atoms with Crippen LogP contribution in [0.5, 0.6) is 17.2 Å². The van der Waals surface area contributed by atoms with E-state index in [0.717, 1.165) is 18.2 Å². The molecule has 2 aromatic heterocycles. The van der Waals surface area contributed by atoms with Crippen LogP contribution in [0.3, 0.4) is 0 Å². The van der Waals surface area contributed by atoms with Gasteiger partial charge in [-0.1, -0.05) is 0 Å². The van der Waals surface area contributed by atoms with Gasteiger partial charge in [-0.15, -0.1) is 0 Å². The van der Waals surface area contributed by atoms with Crippen molar-refractivity contribution in [2.24, 2.45) is 11.7 Å². The number of aromatic nitrogens is 2. The van der Waals surface area contributed by atoms with Crippen molar-refractivity contribution < 1.29 is 46.5 Å². The van der Waals surface area contributed by atoms with Crippen LogP contribution in [0.25, 0.3) is 22.2 Å². The number of hydrogen-bond acceptors (Lipinski definition) is 7. The van der Waals surface area contributed by atoms with E-state index in [0.29, 0.717) is 35.2 Å². The van der Waals surface area contributed by atoms with Gasteiger partial charge in [0.1, 0.15) is 46.5 Å². The van der Waals surface area contributed by atoms with Crippen molar-refractivity contribution in [2.75, 3.05) is 27.4 Å². The van der Waals surface area contributed by atoms with Gasteiger partial charge < -0.3 is 35.4 Å². The second kappa shape index (κ2) is 10.6. The molecule has 1 unspecified atom stereocenters. The Kier molecular flexibility index (Phi) is 7.14. The third-order valence-electron chi connectivity index (χ3n) is 8.50. The number of primary amides is 1. The quantitative estimate of drug-likeness (QED) is 0.204. The summed E-state index contributed by atoms with van der Waals surface area (Å²) in [4.78, 5) is 33.0. The summed E-state index contributed by atoms with van der Waals surface area (Å²) in [6.45, 7) is -1.56. The van der Waals surface area contributed by atoms with Crippen LogP contribution in [-0.4, -0.2) is 60.4 Å². The number of ether oxygens (including phenoxy) is 3. The predicted molar refractivity (Wildman–Crippen MR) is 152 cm³/mol. The van der Waals surface area contributed by atoms with E-state index in [2.05, 4.69) is 15.3 Å². The Morgan fingerprint density at radius 1 is 1.13 bits per heavy atom. The first kappa shape index (κ1) is 30.2. The van der Waals surface area contributed by atoms with Gasteiger partial charge in [-0.3, -0.25) is 9.59 Å². The van der Waals surface area contributed by atoms with E-state index < -0.39 is 47.1 Å². The Morgan fingerprint density at radius 3 is 2.44 bits per heavy atom. The number of nitrogens with two attached hydrogens (primary N) is 1. The van der Waals surface area contributed by atoms with Gasteiger partial charge in [0.15, 0.2) is 0 Å². The van der Waals surface area contributed by atoms with Crippen molar-refractivity contribution in [3.8, 4) is 28.5 Å². The lowest BCUT2D eigenvalue weighted by molar-refractivity contribution is -0.265. The highest BCUT2D eigenvalue weighted by molar-refractivity contribution is 6.00. The SMILES string of the molecule is COc1cc(OC)c2cc(C(=O)NCC(O)(c3cc4c(c(-c5ccc(F)cc5)n3)OC[C@@]4(C(N)=O)C3CC3)C(F)(F)F)[nH]c2c1. The highest BCUT2D eigenvalue weighted by Crippen LogP contribution is 2.56. The predicted octanol–water partition coefficient (Wildman–Crippen LogP) is 4.09. The molecule has 236 valence electrons. The molecule has 2 amide bonds. The van der Waals surface area contributed by atoms with Crippen LogP contribution in [0.15, 0.2) is 48.5 Å². The van der Waals surface area contributed by atoms with Crippen LogP contribution in [0, 0.1) is 11.7 Å². The lowest BCUT2D eigenvalue weighted by Crippen LogP contribution is -2.52. The van der Waals surface area contributed by atoms with Gasteiger partial charge in [-0.05, 0) is 55.2 Å². The number of carbonyl (C=O) groups is 2. The molecule has 14 heteroatoms. The first-order valence-electron chi connectivity index (χ1n) is 13.9. The van der Waals surface area contributed by atoms with Gasteiger partial charge >= 0.3 is 6.18 Å². The number of pyridine rings is 1. The van der Waals surface area contributed by atoms with E-state index in [-0.39, 0.29) is 40.8 Å². The number of benzene rings is 2. The molecule has 2 aromatic carbocycles. The number of nitrogens with one attached hydrogen (secondary N) is 2. The maximum Gasteiger partial charge on any atom is 0.424 e. The van der Waals surface area contributed by atoms with Gasteiger partial charge in [0.05, 0.1) is 32.0 Å². The van der Waals surface area contributed by atoms with E-state index in [4.69, 9.17) is 19.9 Å². The van der Waals surface area contributed by atoms with Crippen molar-refractivity contribution in [3.05, 3.63) is 71.3 Å². The molecule has 1 fully saturated rings. The molecule has 1 aliphatic heterocycles. The van der Waals surface area contributed by atoms with Crippen molar-refractivity contribution >= 4 is 22.7 Å². The fourth-order valence-electron chi connectivity index (χ4n) is 5.84. The van der Waals surface area contributed by atoms with Crippen LogP contribution < -0.4 is 25.3 Å². The van der Waals surface area contributed by atoms with Gasteiger partial charge in [-0.25, -0.2) is 9.37 Å². The van der Waals surface area contributed by atoms with Crippen molar-refractivity contribution in [2.45, 2.75) is 30.0 Å². The van der Waals surface area contributed by atoms with Crippen LogP contribution in [0.2, 0.25) is 0 Å². The van der Waals surface area contributed by atoms with Crippen LogP contribution in [0.1, 0.15) is 34.6 Å². The highest BCUT2D eigenvalue weighted by atomic mass is 19.4. The zero-order valence-corrected chi connectivity index (χ0v) is 24.0. The van der Waals surface area contributed by atoms with Gasteiger partial charge in [0.2, 0.25) is 11.5 Å². The van der Waals surface area contributed by atoms with Crippen LogP contribution in [-0.2, 0) is 15.8 Å². The third-order valence-corrected chi connectivity index (χ3v) is 8.50. The number of methoxy groups -OCH3 is 2. The molecule has 10 nitrogen and oxygen atoms in total. The number of nitrogens with zero attached hydrogens (tertiary/aromatic N) is 1. The summed E-state index contributed by atoms with van der Waals surface area (Å²) >= 11 is 0. The molecule has 4 aromatic rings. The number of halogens is 4. The summed E-state index contributed by atoms with van der Waals surface area (Å²) in [6, 6.07) is 10.3. The highest BCUT2D eigenvalue weighted by Gasteiger charge is 2.60. The first-order chi connectivity index (χ1) is 21.3. The summed E-state index contributed by atoms with van der Waals surface area (Å²) in [5.74, 6) is -1.84. The van der Waals surface area contributed by atoms with E-state index >= 15 is 0 Å². The Labute approximate surface area is 253 Å². The topological polar surface area (TPSA) is 149 Å². The minimum absolute atomic E-state index is 0.0204. The Morgan fingerprint density at radius 2 is 1.84 bits per heavy atom. The minimum Gasteiger partial charge on any atom is -0.497 e. The number of fused-ring (bicyclic) bond motifs is 2. The Bertz CT molecular complexity index is 1820. The van der Waals surface area contributed by atoms with Crippen LogP contribution >= 0.6 is 0 Å². The molecule has 1 saturated carbocycles. The minimum atomic E-state index is -5.35. The molecule has 1 aliphatic carbocycles. The molecule has 3 heterocycles. The number of alkyl halides is 3. The smallest absolute Gasteiger partial charge is 0.424 e. The number of hydrogen-bond donors (Lipinski definition) is 4. The maximum absolute atomic E-state index is 14.8. The Balaban J connectivity index is 1.43. The lowest BCUT2D eigenvalue weighted by Gasteiger charge is -2.32. The molecular formula is C31H28F4N4O6. The van der Waals surface area contributed by atoms with E-state index in [1.54, 1.807) is 12.1 Å². The van der Waals surface area contributed by atoms with E-state index in [1.165, 1.54) is 32.4 Å². The first-order valence-corrected chi connectivity index (χ1v) is 13.9. The Hall–Kier alpha value is -4.85. The van der Waals surface area contributed by atoms with E-state index in [9.17, 15) is 32.3 Å². The van der Waals surface area contributed by atoms with Gasteiger partial charge in [0, 0.05) is 28.6 Å². The molecule has 2 atom stereocenters. The molecular weight excluding hydrogens is 600 g/mol. The molecule has 0 radical (unpaired) electrons. The second-order valence-corrected chi connectivity index (χ2v) is 11.2. The molecule has 2 aliphatic rings. The number of H-pyrrole nitrogens is 1. The standard InChI is InChI=1S/C31H28F4N4O6/c1-43-18-9-21-19(23(10-18)44-2)11-22(38-21)27(40)37-13-30(42,31(33,34)35)24-12-20-26(25(39-24)15-3-7-17(32)8-4-15)45-14-29(20,28(36)41)16-5-6-16/h3-4,7-12,16,38,42H,5-6,13-14H2,1-2H3,(H2,36,41)(H,37,40)/t29-,30?/m1/s1. The fourth-order valence-corrected chi connectivity index (χ4v) is 5.84. The largest absolute Gasteiger partial charge is 0.497 e. The molecule has 0 saturated heterocycles. The lowest BCUT2D eigenvalue weighted by atomic mass is 9.76. The average Bonchev–Trinajstić information content (AvgIpc) is 3.65. The third kappa shape index (κ3) is 4.89. The number of amides is 2. The molecule has 0 spiro atoms. The number of rotatable bonds is 9. The second-order valence-electron chi connectivity index (χ2n) is 11.2. The fraction of sp³-hybridized carbons (Fsp3) is 0.323. The normalized spacial score (nSPS) is 19.0. The summed E-state index contributed by atoms with van der Waals surface area (Å²) < 4.78 is 74.6. The molecule has 6 rings (SSSR count). The summed E-state index contributed by atoms with van der Waals surface area (Å²) in [5.41, 5.74) is 0.154. The molecule has 0 bridgehead atoms. The van der Waals surface area contributed by atoms with Gasteiger partial charge in [0.25, 0.3) is 5.91 Å². The monoisotopic (exact) mass is 628 g/mol. The molecule has 5 N–H and O–H groups in total. The van der Waals surface area contributed by atoms with Crippen molar-refractivity contribution in [1.82, 2.24) is 15.3 Å². The average molecular weight is 629 g/mol. The number of aromatic amines is 1. The van der Waals surface area contributed by atoms with Gasteiger partial charge in [-0.2, -0.15) is 13.2 Å². The number of carbonyl (C=O) groups excluding carboxylic acids is 2. The maximum atomic E-state index is 14.8. The molecule has 45 heavy (non-hydrogen) atoms. The van der Waals surface area contributed by atoms with E-state index in [1.807, 2.05) is 0 Å². The summed E-state index contributed by atoms with van der Waals surface area (Å²) in [6.07, 6.45) is -4.17. The summed E-state index contributed by atoms with van der Waals surface area (Å²) in [5, 5.41) is 14.0. The van der Waals surface area contributed by atoms with Crippen LogP contribution in [0.4, 0.5) is 17.6 Å². The van der Waals surface area contributed by atoms with Crippen molar-refractivity contribution in [3.63, 3.8) is 0 Å². The zero-order chi connectivity index (χ0) is 32.3. The van der Waals surface area contributed by atoms with Crippen molar-refractivity contribution in [1.29, 1.82) is 0 Å². The summed E-state index contributed by atoms with van der Waals surface area (Å²) in [7, 11) is 2.85. The number of aliphatic hydroxyl groups is 1. The zero-order valence-electron chi connectivity index (χ0n) is 24.0.